The highest BCUT2D eigenvalue weighted by Gasteiger charge is 2.60. The minimum absolute atomic E-state index is 0.291. The quantitative estimate of drug-likeness (QED) is 0.676. The SMILES string of the molecule is COc1ccc(C(O)C(F)(Cl)C(F)(F)F)cc1. The van der Waals surface area contributed by atoms with E-state index in [2.05, 4.69) is 0 Å². The maximum atomic E-state index is 13.2. The van der Waals surface area contributed by atoms with E-state index in [0.717, 1.165) is 12.1 Å². The molecule has 0 aliphatic heterocycles. The van der Waals surface area contributed by atoms with Gasteiger partial charge in [-0.2, -0.15) is 13.2 Å². The van der Waals surface area contributed by atoms with E-state index in [1.807, 2.05) is 0 Å². The normalized spacial score (nSPS) is 17.4. The van der Waals surface area contributed by atoms with Crippen molar-refractivity contribution >= 4 is 11.6 Å². The first kappa shape index (κ1) is 14.1. The number of rotatable bonds is 3. The molecule has 7 heteroatoms. The van der Waals surface area contributed by atoms with Gasteiger partial charge in [-0.05, 0) is 17.7 Å². The lowest BCUT2D eigenvalue weighted by molar-refractivity contribution is -0.226. The van der Waals surface area contributed by atoms with Crippen molar-refractivity contribution in [3.8, 4) is 5.75 Å². The van der Waals surface area contributed by atoms with E-state index in [1.54, 1.807) is 0 Å². The molecule has 0 radical (unpaired) electrons. The van der Waals surface area contributed by atoms with Crippen molar-refractivity contribution < 1.29 is 27.4 Å². The Kier molecular flexibility index (Phi) is 3.88. The summed E-state index contributed by atoms with van der Waals surface area (Å²) < 4.78 is 54.7. The molecule has 1 N–H and O–H groups in total. The second-order valence-corrected chi connectivity index (χ2v) is 3.85. The van der Waals surface area contributed by atoms with E-state index in [-0.39, 0.29) is 5.56 Å². The Bertz CT molecular complexity index is 375. The van der Waals surface area contributed by atoms with Gasteiger partial charge >= 0.3 is 11.3 Å². The number of hydrogen-bond donors (Lipinski definition) is 1. The summed E-state index contributed by atoms with van der Waals surface area (Å²) in [6.45, 7) is 0. The number of methoxy groups -OCH3 is 1. The summed E-state index contributed by atoms with van der Waals surface area (Å²) in [5.74, 6) is 0.368. The monoisotopic (exact) mass is 272 g/mol. The Labute approximate surface area is 99.8 Å². The van der Waals surface area contributed by atoms with Crippen LogP contribution in [0.25, 0.3) is 0 Å². The molecule has 1 rings (SSSR count). The number of alkyl halides is 5. The first-order valence-electron chi connectivity index (χ1n) is 4.46. The maximum absolute atomic E-state index is 13.2. The minimum Gasteiger partial charge on any atom is -0.497 e. The average Bonchev–Trinajstić information content (AvgIpc) is 2.26. The Balaban J connectivity index is 2.99. The van der Waals surface area contributed by atoms with Gasteiger partial charge in [-0.3, -0.25) is 0 Å². The number of halogens is 5. The molecule has 17 heavy (non-hydrogen) atoms. The topological polar surface area (TPSA) is 29.5 Å². The zero-order valence-electron chi connectivity index (χ0n) is 8.63. The van der Waals surface area contributed by atoms with Gasteiger partial charge in [-0.25, -0.2) is 4.39 Å². The summed E-state index contributed by atoms with van der Waals surface area (Å²) in [5.41, 5.74) is -0.291. The van der Waals surface area contributed by atoms with Gasteiger partial charge in [0.2, 0.25) is 0 Å². The van der Waals surface area contributed by atoms with Crippen molar-refractivity contribution in [1.82, 2.24) is 0 Å². The molecule has 0 fully saturated rings. The lowest BCUT2D eigenvalue weighted by Crippen LogP contribution is -2.41. The van der Waals surface area contributed by atoms with Crippen LogP contribution in [-0.4, -0.2) is 23.5 Å². The van der Waals surface area contributed by atoms with Crippen LogP contribution in [0.3, 0.4) is 0 Å². The molecule has 0 saturated carbocycles. The van der Waals surface area contributed by atoms with Gasteiger partial charge in [0.1, 0.15) is 11.9 Å². The molecule has 0 aromatic heterocycles. The van der Waals surface area contributed by atoms with Crippen molar-refractivity contribution in [1.29, 1.82) is 0 Å². The van der Waals surface area contributed by atoms with Crippen molar-refractivity contribution in [2.24, 2.45) is 0 Å². The molecule has 96 valence electrons. The summed E-state index contributed by atoms with van der Waals surface area (Å²) >= 11 is 4.70. The maximum Gasteiger partial charge on any atom is 0.439 e. The standard InChI is InChI=1S/C10H9ClF4O2/c1-17-7-4-2-6(3-5-7)8(16)9(11,12)10(13,14)15/h2-5,8,16H,1H3. The third kappa shape index (κ3) is 2.81. The van der Waals surface area contributed by atoms with Crippen LogP contribution in [-0.2, 0) is 0 Å². The zero-order valence-corrected chi connectivity index (χ0v) is 9.39. The van der Waals surface area contributed by atoms with Crippen molar-refractivity contribution in [2.45, 2.75) is 17.4 Å². The third-order valence-electron chi connectivity index (χ3n) is 2.15. The molecular formula is C10H9ClF4O2. The van der Waals surface area contributed by atoms with Gasteiger partial charge in [0, 0.05) is 0 Å². The fourth-order valence-corrected chi connectivity index (χ4v) is 1.28. The van der Waals surface area contributed by atoms with Crippen LogP contribution in [0.5, 0.6) is 5.75 Å². The molecule has 2 unspecified atom stereocenters. The summed E-state index contributed by atoms with van der Waals surface area (Å²) in [7, 11) is 1.36. The largest absolute Gasteiger partial charge is 0.497 e. The van der Waals surface area contributed by atoms with Crippen LogP contribution >= 0.6 is 11.6 Å². The zero-order chi connectivity index (χ0) is 13.3. The predicted molar refractivity (Wildman–Crippen MR) is 53.7 cm³/mol. The van der Waals surface area contributed by atoms with Crippen molar-refractivity contribution in [3.05, 3.63) is 29.8 Å². The fourth-order valence-electron chi connectivity index (χ4n) is 1.15. The minimum atomic E-state index is -5.37. The second-order valence-electron chi connectivity index (χ2n) is 3.30. The Morgan fingerprint density at radius 3 is 2.00 bits per heavy atom. The number of ether oxygens (including phenoxy) is 1. The molecule has 2 nitrogen and oxygen atoms in total. The van der Waals surface area contributed by atoms with Crippen LogP contribution < -0.4 is 4.74 Å². The first-order chi connectivity index (χ1) is 7.70. The Morgan fingerprint density at radius 1 is 1.18 bits per heavy atom. The van der Waals surface area contributed by atoms with Crippen LogP contribution in [0.15, 0.2) is 24.3 Å². The lowest BCUT2D eigenvalue weighted by atomic mass is 10.0. The first-order valence-corrected chi connectivity index (χ1v) is 4.84. The predicted octanol–water partition coefficient (Wildman–Crippen LogP) is 3.20. The molecule has 1 aromatic rings. The van der Waals surface area contributed by atoms with E-state index in [1.165, 1.54) is 19.2 Å². The number of aliphatic hydroxyl groups excluding tert-OH is 1. The van der Waals surface area contributed by atoms with Gasteiger partial charge in [0.05, 0.1) is 7.11 Å². The number of benzene rings is 1. The second kappa shape index (κ2) is 4.70. The summed E-state index contributed by atoms with van der Waals surface area (Å²) in [5, 5.41) is 5.06. The average molecular weight is 273 g/mol. The van der Waals surface area contributed by atoms with E-state index in [9.17, 15) is 22.7 Å². The molecular weight excluding hydrogens is 264 g/mol. The molecule has 2 atom stereocenters. The third-order valence-corrected chi connectivity index (χ3v) is 2.57. The molecule has 0 saturated heterocycles. The van der Waals surface area contributed by atoms with Crippen LogP contribution in [0.4, 0.5) is 17.6 Å². The Morgan fingerprint density at radius 2 is 1.65 bits per heavy atom. The van der Waals surface area contributed by atoms with E-state index >= 15 is 0 Å². The highest BCUT2D eigenvalue weighted by atomic mass is 35.5. The highest BCUT2D eigenvalue weighted by Crippen LogP contribution is 2.46. The van der Waals surface area contributed by atoms with Gasteiger partial charge in [0.15, 0.2) is 0 Å². The van der Waals surface area contributed by atoms with Crippen LogP contribution in [0, 0.1) is 0 Å². The van der Waals surface area contributed by atoms with E-state index in [0.29, 0.717) is 5.75 Å². The summed E-state index contributed by atoms with van der Waals surface area (Å²) in [6, 6.07) is 4.79. The molecule has 0 bridgehead atoms. The molecule has 0 aliphatic rings. The molecule has 0 aliphatic carbocycles. The van der Waals surface area contributed by atoms with Crippen molar-refractivity contribution in [2.75, 3.05) is 7.11 Å². The number of aliphatic hydroxyl groups is 1. The smallest absolute Gasteiger partial charge is 0.439 e. The van der Waals surface area contributed by atoms with Crippen LogP contribution in [0.1, 0.15) is 11.7 Å². The lowest BCUT2D eigenvalue weighted by Gasteiger charge is -2.26. The number of hydrogen-bond acceptors (Lipinski definition) is 2. The van der Waals surface area contributed by atoms with Gasteiger partial charge in [-0.1, -0.05) is 23.7 Å². The van der Waals surface area contributed by atoms with Crippen molar-refractivity contribution in [3.63, 3.8) is 0 Å². The Hall–Kier alpha value is -1.01. The molecule has 1 aromatic carbocycles. The summed E-state index contributed by atoms with van der Waals surface area (Å²) in [4.78, 5) is 0. The van der Waals surface area contributed by atoms with Gasteiger partial charge < -0.3 is 9.84 Å². The summed E-state index contributed by atoms with van der Waals surface area (Å²) in [6.07, 6.45) is -7.87. The molecule has 0 amide bonds. The molecule has 0 heterocycles. The highest BCUT2D eigenvalue weighted by molar-refractivity contribution is 6.23. The fraction of sp³-hybridized carbons (Fsp3) is 0.400. The molecule has 0 spiro atoms. The van der Waals surface area contributed by atoms with Gasteiger partial charge in [0.25, 0.3) is 0 Å². The van der Waals surface area contributed by atoms with E-state index in [4.69, 9.17) is 16.3 Å². The van der Waals surface area contributed by atoms with Crippen LogP contribution in [0.2, 0.25) is 0 Å². The van der Waals surface area contributed by atoms with E-state index < -0.39 is 17.4 Å². The van der Waals surface area contributed by atoms with Gasteiger partial charge in [-0.15, -0.1) is 0 Å².